The number of hydrogen-bond donors (Lipinski definition) is 2. The van der Waals surface area contributed by atoms with Crippen LogP contribution in [0.25, 0.3) is 0 Å². The maximum atomic E-state index is 5.42. The highest BCUT2D eigenvalue weighted by Gasteiger charge is 1.93. The summed E-state index contributed by atoms with van der Waals surface area (Å²) in [6.07, 6.45) is 2.28. The van der Waals surface area contributed by atoms with Gasteiger partial charge in [-0.05, 0) is 0 Å². The van der Waals surface area contributed by atoms with Crippen LogP contribution in [0.1, 0.15) is 6.42 Å². The van der Waals surface area contributed by atoms with E-state index < -0.39 is 0 Å². The van der Waals surface area contributed by atoms with Gasteiger partial charge in [-0.3, -0.25) is 0 Å². The molecule has 1 atom stereocenters. The molecule has 0 aromatic heterocycles. The van der Waals surface area contributed by atoms with Crippen molar-refractivity contribution in [2.75, 3.05) is 0 Å². The maximum Gasteiger partial charge on any atom is 0.0276 e. The van der Waals surface area contributed by atoms with Gasteiger partial charge in [-0.2, -0.15) is 0 Å². The van der Waals surface area contributed by atoms with Gasteiger partial charge in [0.25, 0.3) is 0 Å². The van der Waals surface area contributed by atoms with Gasteiger partial charge >= 0.3 is 0 Å². The van der Waals surface area contributed by atoms with Gasteiger partial charge in [0.15, 0.2) is 0 Å². The van der Waals surface area contributed by atoms with Crippen molar-refractivity contribution in [3.05, 3.63) is 24.9 Å². The van der Waals surface area contributed by atoms with Crippen LogP contribution in [0.15, 0.2) is 24.9 Å². The van der Waals surface area contributed by atoms with Gasteiger partial charge in [-0.25, -0.2) is 0 Å². The highest BCUT2D eigenvalue weighted by atomic mass is 14.7. The lowest BCUT2D eigenvalue weighted by Crippen LogP contribution is -2.18. The molecule has 0 amide bonds. The Morgan fingerprint density at radius 3 is 2.38 bits per heavy atom. The van der Waals surface area contributed by atoms with Crippen molar-refractivity contribution in [3.63, 3.8) is 0 Å². The van der Waals surface area contributed by atoms with Crippen LogP contribution in [0, 0.1) is 0 Å². The molecule has 8 heavy (non-hydrogen) atoms. The van der Waals surface area contributed by atoms with Crippen LogP contribution >= 0.6 is 0 Å². The lowest BCUT2D eigenvalue weighted by atomic mass is 10.2. The summed E-state index contributed by atoms with van der Waals surface area (Å²) in [6, 6.07) is -0.0347. The highest BCUT2D eigenvalue weighted by Crippen LogP contribution is 1.92. The van der Waals surface area contributed by atoms with Gasteiger partial charge in [0.1, 0.15) is 0 Å². The van der Waals surface area contributed by atoms with Crippen LogP contribution in [-0.2, 0) is 0 Å². The molecule has 0 aliphatic carbocycles. The van der Waals surface area contributed by atoms with Gasteiger partial charge in [-0.1, -0.05) is 12.7 Å². The molecule has 4 N–H and O–H groups in total. The van der Waals surface area contributed by atoms with E-state index in [9.17, 15) is 0 Å². The molecule has 0 saturated carbocycles. The molecule has 1 unspecified atom stereocenters. The van der Waals surface area contributed by atoms with E-state index in [0.29, 0.717) is 12.1 Å². The zero-order valence-electron chi connectivity index (χ0n) is 4.93. The maximum absolute atomic E-state index is 5.42. The van der Waals surface area contributed by atoms with Crippen LogP contribution in [0.3, 0.4) is 0 Å². The molecule has 0 fully saturated rings. The molecule has 0 aliphatic rings. The molecule has 0 radical (unpaired) electrons. The van der Waals surface area contributed by atoms with Gasteiger partial charge in [0.05, 0.1) is 0 Å². The Morgan fingerprint density at radius 2 is 2.25 bits per heavy atom. The minimum Gasteiger partial charge on any atom is -0.402 e. The molecule has 0 saturated heterocycles. The summed E-state index contributed by atoms with van der Waals surface area (Å²) >= 11 is 0. The lowest BCUT2D eigenvalue weighted by molar-refractivity contribution is 0.798. The van der Waals surface area contributed by atoms with E-state index in [-0.39, 0.29) is 6.04 Å². The Bertz CT molecular complexity index is 96.7. The first-order valence-corrected chi connectivity index (χ1v) is 2.48. The van der Waals surface area contributed by atoms with E-state index in [4.69, 9.17) is 11.5 Å². The third kappa shape index (κ3) is 3.43. The number of hydrogen-bond acceptors (Lipinski definition) is 2. The van der Waals surface area contributed by atoms with E-state index in [1.165, 1.54) is 0 Å². The number of nitrogens with two attached hydrogens (primary N) is 2. The van der Waals surface area contributed by atoms with E-state index in [1.54, 1.807) is 6.08 Å². The van der Waals surface area contributed by atoms with Crippen molar-refractivity contribution in [3.8, 4) is 0 Å². The summed E-state index contributed by atoms with van der Waals surface area (Å²) < 4.78 is 0. The van der Waals surface area contributed by atoms with Crippen LogP contribution in [0.2, 0.25) is 0 Å². The Hall–Kier alpha value is -0.760. The second-order valence-electron chi connectivity index (χ2n) is 1.76. The molecule has 0 aromatic rings. The first kappa shape index (κ1) is 7.24. The van der Waals surface area contributed by atoms with Gasteiger partial charge < -0.3 is 11.5 Å². The fraction of sp³-hybridized carbons (Fsp3) is 0.333. The van der Waals surface area contributed by atoms with Crippen LogP contribution in [0.4, 0.5) is 0 Å². The average Bonchev–Trinajstić information content (AvgIpc) is 1.65. The molecular formula is C6H12N2. The third-order valence-corrected chi connectivity index (χ3v) is 0.801. The van der Waals surface area contributed by atoms with E-state index >= 15 is 0 Å². The van der Waals surface area contributed by atoms with E-state index in [0.717, 1.165) is 0 Å². The summed E-state index contributed by atoms with van der Waals surface area (Å²) in [5, 5.41) is 0. The summed E-state index contributed by atoms with van der Waals surface area (Å²) in [5.41, 5.74) is 11.3. The molecule has 2 nitrogen and oxygen atoms in total. The van der Waals surface area contributed by atoms with Crippen molar-refractivity contribution in [2.45, 2.75) is 12.5 Å². The summed E-state index contributed by atoms with van der Waals surface area (Å²) in [5.74, 6) is 0. The topological polar surface area (TPSA) is 52.0 Å². The zero-order chi connectivity index (χ0) is 6.57. The smallest absolute Gasteiger partial charge is 0.0276 e. The van der Waals surface area contributed by atoms with Crippen molar-refractivity contribution in [1.29, 1.82) is 0 Å². The van der Waals surface area contributed by atoms with Crippen LogP contribution < -0.4 is 11.5 Å². The van der Waals surface area contributed by atoms with E-state index in [1.807, 2.05) is 0 Å². The van der Waals surface area contributed by atoms with Gasteiger partial charge in [0.2, 0.25) is 0 Å². The third-order valence-electron chi connectivity index (χ3n) is 0.801. The Morgan fingerprint density at radius 1 is 1.75 bits per heavy atom. The van der Waals surface area contributed by atoms with Crippen LogP contribution in [0.5, 0.6) is 0 Å². The molecule has 0 rings (SSSR count). The molecule has 0 spiro atoms. The second kappa shape index (κ2) is 3.27. The van der Waals surface area contributed by atoms with E-state index in [2.05, 4.69) is 13.2 Å². The summed E-state index contributed by atoms with van der Waals surface area (Å²) in [4.78, 5) is 0. The SMILES string of the molecule is C=CC(N)CC(=C)N. The van der Waals surface area contributed by atoms with Crippen molar-refractivity contribution < 1.29 is 0 Å². The van der Waals surface area contributed by atoms with Gasteiger partial charge in [-0.15, -0.1) is 6.58 Å². The minimum absolute atomic E-state index is 0.0347. The molecule has 46 valence electrons. The first-order chi connectivity index (χ1) is 3.66. The first-order valence-electron chi connectivity index (χ1n) is 2.48. The Balaban J connectivity index is 3.38. The lowest BCUT2D eigenvalue weighted by Gasteiger charge is -2.02. The van der Waals surface area contributed by atoms with Gasteiger partial charge in [0, 0.05) is 18.2 Å². The quantitative estimate of drug-likeness (QED) is 0.518. The number of rotatable bonds is 3. The summed E-state index contributed by atoms with van der Waals surface area (Å²) in [6.45, 7) is 6.99. The fourth-order valence-corrected chi connectivity index (χ4v) is 0.386. The molecule has 0 aromatic carbocycles. The normalized spacial score (nSPS) is 12.6. The monoisotopic (exact) mass is 112 g/mol. The predicted octanol–water partition coefficient (Wildman–Crippen LogP) is 0.362. The second-order valence-corrected chi connectivity index (χ2v) is 1.76. The van der Waals surface area contributed by atoms with Crippen molar-refractivity contribution in [2.24, 2.45) is 11.5 Å². The van der Waals surface area contributed by atoms with Crippen molar-refractivity contribution >= 4 is 0 Å². The molecule has 0 aliphatic heterocycles. The molecule has 2 heteroatoms. The standard InChI is InChI=1S/C6H12N2/c1-3-6(8)4-5(2)7/h3,6H,1-2,4,7-8H2. The Kier molecular flexibility index (Phi) is 2.96. The Labute approximate surface area is 49.9 Å². The van der Waals surface area contributed by atoms with Crippen LogP contribution in [-0.4, -0.2) is 6.04 Å². The minimum atomic E-state index is -0.0347. The average molecular weight is 112 g/mol. The zero-order valence-corrected chi connectivity index (χ0v) is 4.93. The molecule has 0 heterocycles. The summed E-state index contributed by atoms with van der Waals surface area (Å²) in [7, 11) is 0. The fourth-order valence-electron chi connectivity index (χ4n) is 0.386. The predicted molar refractivity (Wildman–Crippen MR) is 36.1 cm³/mol. The highest BCUT2D eigenvalue weighted by molar-refractivity contribution is 4.96. The molecule has 0 bridgehead atoms. The largest absolute Gasteiger partial charge is 0.402 e. The molecular weight excluding hydrogens is 100 g/mol. The van der Waals surface area contributed by atoms with Crippen molar-refractivity contribution in [1.82, 2.24) is 0 Å².